The maximum atomic E-state index is 12.5. The van der Waals surface area contributed by atoms with Crippen LogP contribution in [0.1, 0.15) is 108 Å². The molecule has 0 saturated heterocycles. The predicted octanol–water partition coefficient (Wildman–Crippen LogP) is 11.7. The maximum Gasteiger partial charge on any atom is 0.389 e. The van der Waals surface area contributed by atoms with Crippen LogP contribution in [0, 0.1) is 0 Å². The van der Waals surface area contributed by atoms with Gasteiger partial charge in [0, 0.05) is 12.8 Å². The van der Waals surface area contributed by atoms with Crippen LogP contribution >= 0.6 is 0 Å². The molecule has 0 aromatic heterocycles. The Bertz CT molecular complexity index is 980. The Morgan fingerprint density at radius 3 is 1.54 bits per heavy atom. The first kappa shape index (κ1) is 32.8. The fourth-order valence-electron chi connectivity index (χ4n) is 4.61. The lowest BCUT2D eigenvalue weighted by molar-refractivity contribution is -0.136. The van der Waals surface area contributed by atoms with Crippen molar-refractivity contribution in [3.8, 4) is 0 Å². The first-order chi connectivity index (χ1) is 17.7. The molecule has 2 aromatic rings. The van der Waals surface area contributed by atoms with Crippen molar-refractivity contribution in [3.63, 3.8) is 0 Å². The van der Waals surface area contributed by atoms with E-state index in [0.29, 0.717) is 38.5 Å². The molecule has 1 aliphatic carbocycles. The molecule has 0 nitrogen and oxygen atoms in total. The van der Waals surface area contributed by atoms with Crippen LogP contribution in [0.15, 0.2) is 36.4 Å². The van der Waals surface area contributed by atoms with Gasteiger partial charge in [0.2, 0.25) is 0 Å². The zero-order valence-electron chi connectivity index (χ0n) is 22.7. The van der Waals surface area contributed by atoms with E-state index in [4.69, 9.17) is 0 Å². The highest BCUT2D eigenvalue weighted by Gasteiger charge is 2.27. The fourth-order valence-corrected chi connectivity index (χ4v) is 4.61. The van der Waals surface area contributed by atoms with Gasteiger partial charge >= 0.3 is 12.4 Å². The van der Waals surface area contributed by atoms with Crippen LogP contribution in [-0.2, 0) is 12.8 Å². The Kier molecular flexibility index (Phi) is 14.7. The molecule has 2 aromatic carbocycles. The number of unbranched alkanes of at least 4 members (excludes halogenated alkanes) is 4. The van der Waals surface area contributed by atoms with Crippen LogP contribution in [0.3, 0.4) is 0 Å². The molecule has 0 radical (unpaired) electrons. The molecule has 208 valence electrons. The summed E-state index contributed by atoms with van der Waals surface area (Å²) in [5, 5.41) is 2.21. The zero-order chi connectivity index (χ0) is 27.9. The number of hydrogen-bond donors (Lipinski definition) is 0. The standard InChI is InChI=1S/C27H30F6.2C2H6/c28-26(29,30)18-10-2-6-14-22-20-12-4-1-5-13-21(20)24-16-8-9-17-25(24)23(22)15-7-3-11-19-27(31,32)33;2*1-2/h4-5,8-9,12-13,16-17H,1-3,6-7,10-11,14-15,18-19H2;2*1-2H3. The lowest BCUT2D eigenvalue weighted by Crippen LogP contribution is -2.07. The molecule has 0 atom stereocenters. The number of rotatable bonds is 10. The SMILES string of the molecule is CC.CC.FC(F)(F)CCCCCc1c2c(c3ccccc3c1CCCCCC(F)(F)F)C=CCC=C2. The molecule has 0 bridgehead atoms. The van der Waals surface area contributed by atoms with E-state index in [2.05, 4.69) is 36.4 Å². The number of alkyl halides is 6. The van der Waals surface area contributed by atoms with Crippen molar-refractivity contribution < 1.29 is 26.3 Å². The fraction of sp³-hybridized carbons (Fsp3) is 0.548. The highest BCUT2D eigenvalue weighted by Crippen LogP contribution is 2.36. The third-order valence-electron chi connectivity index (χ3n) is 6.14. The number of allylic oxidation sites excluding steroid dienone is 2. The lowest BCUT2D eigenvalue weighted by atomic mass is 9.84. The summed E-state index contributed by atoms with van der Waals surface area (Å²) < 4.78 is 75.0. The second-order valence-electron chi connectivity index (χ2n) is 8.72. The third-order valence-corrected chi connectivity index (χ3v) is 6.14. The maximum absolute atomic E-state index is 12.5. The number of hydrogen-bond acceptors (Lipinski definition) is 0. The quantitative estimate of drug-likeness (QED) is 0.212. The monoisotopic (exact) mass is 528 g/mol. The zero-order valence-corrected chi connectivity index (χ0v) is 22.7. The van der Waals surface area contributed by atoms with Crippen molar-refractivity contribution in [2.24, 2.45) is 0 Å². The van der Waals surface area contributed by atoms with E-state index in [1.54, 1.807) is 0 Å². The van der Waals surface area contributed by atoms with Crippen molar-refractivity contribution in [1.82, 2.24) is 0 Å². The summed E-state index contributed by atoms with van der Waals surface area (Å²) >= 11 is 0. The summed E-state index contributed by atoms with van der Waals surface area (Å²) in [6, 6.07) is 8.06. The molecule has 0 fully saturated rings. The summed E-state index contributed by atoms with van der Waals surface area (Å²) in [4.78, 5) is 0. The largest absolute Gasteiger partial charge is 0.389 e. The number of aryl methyl sites for hydroxylation is 1. The van der Waals surface area contributed by atoms with E-state index in [0.717, 1.165) is 39.4 Å². The lowest BCUT2D eigenvalue weighted by Gasteiger charge is -2.20. The normalized spacial score (nSPS) is 12.8. The molecule has 0 unspecified atom stereocenters. The Balaban J connectivity index is 0.00000163. The minimum absolute atomic E-state index is 0.113. The average molecular weight is 529 g/mol. The molecule has 6 heteroatoms. The van der Waals surface area contributed by atoms with Gasteiger partial charge in [-0.3, -0.25) is 0 Å². The average Bonchev–Trinajstić information content (AvgIpc) is 3.12. The van der Waals surface area contributed by atoms with Crippen molar-refractivity contribution >= 4 is 22.9 Å². The van der Waals surface area contributed by atoms with Gasteiger partial charge in [0.25, 0.3) is 0 Å². The molecule has 0 saturated carbocycles. The third kappa shape index (κ3) is 11.4. The van der Waals surface area contributed by atoms with Gasteiger partial charge in [-0.25, -0.2) is 0 Å². The van der Waals surface area contributed by atoms with Gasteiger partial charge in [-0.1, -0.05) is 89.1 Å². The molecule has 3 rings (SSSR count). The van der Waals surface area contributed by atoms with E-state index in [-0.39, 0.29) is 12.8 Å². The Labute approximate surface area is 218 Å². The van der Waals surface area contributed by atoms with Crippen LogP contribution in [0.4, 0.5) is 26.3 Å². The van der Waals surface area contributed by atoms with Crippen molar-refractivity contribution in [2.75, 3.05) is 0 Å². The van der Waals surface area contributed by atoms with Crippen molar-refractivity contribution in [1.29, 1.82) is 0 Å². The van der Waals surface area contributed by atoms with E-state index >= 15 is 0 Å². The Hall–Kier alpha value is -2.24. The van der Waals surface area contributed by atoms with Crippen LogP contribution in [-0.4, -0.2) is 12.4 Å². The molecular weight excluding hydrogens is 486 g/mol. The minimum atomic E-state index is -4.13. The molecule has 37 heavy (non-hydrogen) atoms. The summed E-state index contributed by atoms with van der Waals surface area (Å²) in [5.74, 6) is 0. The number of benzene rings is 2. The second kappa shape index (κ2) is 16.6. The van der Waals surface area contributed by atoms with Gasteiger partial charge in [0.05, 0.1) is 0 Å². The summed E-state index contributed by atoms with van der Waals surface area (Å²) in [6.07, 6.45) is 3.25. The van der Waals surface area contributed by atoms with Crippen LogP contribution in [0.5, 0.6) is 0 Å². The van der Waals surface area contributed by atoms with Gasteiger partial charge in [0.15, 0.2) is 0 Å². The van der Waals surface area contributed by atoms with Crippen molar-refractivity contribution in [3.05, 3.63) is 58.7 Å². The molecule has 0 aliphatic heterocycles. The van der Waals surface area contributed by atoms with E-state index in [1.807, 2.05) is 39.8 Å². The summed E-state index contributed by atoms with van der Waals surface area (Å²) in [7, 11) is 0. The highest BCUT2D eigenvalue weighted by atomic mass is 19.4. The van der Waals surface area contributed by atoms with Gasteiger partial charge < -0.3 is 0 Å². The minimum Gasteiger partial charge on any atom is -0.171 e. The van der Waals surface area contributed by atoms with E-state index in [1.165, 1.54) is 0 Å². The number of fused-ring (bicyclic) bond motifs is 3. The highest BCUT2D eigenvalue weighted by molar-refractivity contribution is 5.98. The van der Waals surface area contributed by atoms with Gasteiger partial charge in [-0.15, -0.1) is 0 Å². The number of halogens is 6. The summed E-state index contributed by atoms with van der Waals surface area (Å²) in [5.41, 5.74) is 4.48. The van der Waals surface area contributed by atoms with E-state index in [9.17, 15) is 26.3 Å². The predicted molar refractivity (Wildman–Crippen MR) is 146 cm³/mol. The molecule has 1 aliphatic rings. The van der Waals surface area contributed by atoms with Gasteiger partial charge in [-0.05, 0) is 78.0 Å². The summed E-state index contributed by atoms with van der Waals surface area (Å²) in [6.45, 7) is 8.00. The topological polar surface area (TPSA) is 0 Å². The molecule has 0 heterocycles. The molecule has 0 spiro atoms. The Morgan fingerprint density at radius 1 is 0.568 bits per heavy atom. The van der Waals surface area contributed by atoms with Crippen LogP contribution in [0.25, 0.3) is 22.9 Å². The van der Waals surface area contributed by atoms with Crippen molar-refractivity contribution in [2.45, 2.75) is 111 Å². The molecule has 0 N–H and O–H groups in total. The second-order valence-corrected chi connectivity index (χ2v) is 8.72. The molecular formula is C31H42F6. The smallest absolute Gasteiger partial charge is 0.171 e. The van der Waals surface area contributed by atoms with E-state index < -0.39 is 25.2 Å². The van der Waals surface area contributed by atoms with Gasteiger partial charge in [-0.2, -0.15) is 26.3 Å². The van der Waals surface area contributed by atoms with Gasteiger partial charge in [0.1, 0.15) is 0 Å². The van der Waals surface area contributed by atoms with Crippen LogP contribution in [0.2, 0.25) is 0 Å². The molecule has 0 amide bonds. The van der Waals surface area contributed by atoms with Crippen LogP contribution < -0.4 is 0 Å². The first-order valence-electron chi connectivity index (χ1n) is 13.7. The first-order valence-corrected chi connectivity index (χ1v) is 13.7. The Morgan fingerprint density at radius 2 is 1.03 bits per heavy atom.